The van der Waals surface area contributed by atoms with E-state index in [1.807, 2.05) is 0 Å². The molecule has 0 saturated heterocycles. The minimum absolute atomic E-state index is 0.350. The Morgan fingerprint density at radius 2 is 1.50 bits per heavy atom. The third-order valence-electron chi connectivity index (χ3n) is 0.651. The highest BCUT2D eigenvalue weighted by Crippen LogP contribution is 2.17. The maximum absolute atomic E-state index is 11.6. The Hall–Kier alpha value is -0.190. The van der Waals surface area contributed by atoms with Crippen LogP contribution in [0.4, 0.5) is 8.78 Å². The van der Waals surface area contributed by atoms with Gasteiger partial charge in [-0.25, -0.2) is 8.42 Å². The van der Waals surface area contributed by atoms with Gasteiger partial charge in [-0.15, -0.1) is 0 Å². The van der Waals surface area contributed by atoms with Crippen LogP contribution in [0, 0.1) is 0 Å². The van der Waals surface area contributed by atoms with E-state index in [-0.39, 0.29) is 0 Å². The zero-order valence-corrected chi connectivity index (χ0v) is 5.30. The van der Waals surface area contributed by atoms with Crippen LogP contribution in [0.2, 0.25) is 0 Å². The Balaban J connectivity index is 4.53. The van der Waals surface area contributed by atoms with E-state index in [0.717, 1.165) is 0 Å². The van der Waals surface area contributed by atoms with Gasteiger partial charge in [0.15, 0.2) is 0 Å². The Morgan fingerprint density at radius 1 is 1.38 bits per heavy atom. The molecule has 0 aromatic rings. The first-order valence-corrected chi connectivity index (χ1v) is 3.72. The van der Waals surface area contributed by atoms with E-state index >= 15 is 0 Å². The molecule has 0 heterocycles. The molecule has 0 amide bonds. The molecule has 5 heteroatoms. The van der Waals surface area contributed by atoms with Gasteiger partial charge < -0.3 is 0 Å². The van der Waals surface area contributed by atoms with Gasteiger partial charge in [-0.05, 0) is 0 Å². The maximum Gasteiger partial charge on any atom is 0.342 e. The molecule has 0 bridgehead atoms. The molecule has 0 unspecified atom stereocenters. The van der Waals surface area contributed by atoms with Gasteiger partial charge in [0.05, 0.1) is 0 Å². The highest BCUT2D eigenvalue weighted by molar-refractivity contribution is 7.91. The summed E-state index contributed by atoms with van der Waals surface area (Å²) in [6.07, 6.45) is 0.493. The molecule has 0 atom stereocenters. The first-order valence-electron chi connectivity index (χ1n) is 1.82. The van der Waals surface area contributed by atoms with Crippen molar-refractivity contribution in [3.63, 3.8) is 0 Å². The van der Waals surface area contributed by atoms with Gasteiger partial charge in [-0.3, -0.25) is 0 Å². The molecule has 8 heavy (non-hydrogen) atoms. The molecular formula is C3H6F2O2S. The normalized spacial score (nSPS) is 14.0. The quantitative estimate of drug-likeness (QED) is 0.541. The van der Waals surface area contributed by atoms with Gasteiger partial charge in [0, 0.05) is 13.2 Å². The summed E-state index contributed by atoms with van der Waals surface area (Å²) in [6.45, 7) is 0.350. The first kappa shape index (κ1) is 7.81. The summed E-state index contributed by atoms with van der Waals surface area (Å²) >= 11 is 0. The minimum atomic E-state index is -4.17. The van der Waals surface area contributed by atoms with Crippen molar-refractivity contribution in [2.75, 3.05) is 6.26 Å². The van der Waals surface area contributed by atoms with E-state index < -0.39 is 15.1 Å². The van der Waals surface area contributed by atoms with Crippen molar-refractivity contribution < 1.29 is 17.2 Å². The van der Waals surface area contributed by atoms with Crippen LogP contribution < -0.4 is 0 Å². The Labute approximate surface area is 46.4 Å². The van der Waals surface area contributed by atoms with Crippen LogP contribution in [0.15, 0.2) is 0 Å². The van der Waals surface area contributed by atoms with Crippen molar-refractivity contribution in [1.82, 2.24) is 0 Å². The van der Waals surface area contributed by atoms with Crippen LogP contribution in [-0.4, -0.2) is 19.9 Å². The Kier molecular flexibility index (Phi) is 1.61. The maximum atomic E-state index is 11.6. The zero-order valence-electron chi connectivity index (χ0n) is 4.48. The number of rotatable bonds is 1. The van der Waals surface area contributed by atoms with Gasteiger partial charge in [-0.2, -0.15) is 8.78 Å². The van der Waals surface area contributed by atoms with Gasteiger partial charge in [-0.1, -0.05) is 0 Å². The molecule has 0 aromatic heterocycles. The molecule has 0 aliphatic rings. The second-order valence-electron chi connectivity index (χ2n) is 1.58. The summed E-state index contributed by atoms with van der Waals surface area (Å²) in [5.74, 6) is 0. The number of hydrogen-bond acceptors (Lipinski definition) is 2. The smallest absolute Gasteiger partial charge is 0.223 e. The fourth-order valence-corrected chi connectivity index (χ4v) is 0. The lowest BCUT2D eigenvalue weighted by atomic mass is 10.9. The average Bonchev–Trinajstić information content (AvgIpc) is 1.25. The van der Waals surface area contributed by atoms with E-state index in [4.69, 9.17) is 0 Å². The predicted molar refractivity (Wildman–Crippen MR) is 25.5 cm³/mol. The molecule has 0 rings (SSSR count). The molecule has 0 aliphatic heterocycles. The van der Waals surface area contributed by atoms with Crippen LogP contribution in [0.3, 0.4) is 0 Å². The lowest BCUT2D eigenvalue weighted by Gasteiger charge is -2.04. The number of halogens is 2. The van der Waals surface area contributed by atoms with E-state index in [9.17, 15) is 17.2 Å². The molecule has 0 saturated carbocycles. The van der Waals surface area contributed by atoms with Gasteiger partial charge in [0.25, 0.3) is 0 Å². The van der Waals surface area contributed by atoms with E-state index in [1.165, 1.54) is 0 Å². The monoisotopic (exact) mass is 144 g/mol. The van der Waals surface area contributed by atoms with E-state index in [2.05, 4.69) is 0 Å². The third kappa shape index (κ3) is 1.73. The molecule has 0 radical (unpaired) electrons. The first-order chi connectivity index (χ1) is 3.25. The van der Waals surface area contributed by atoms with Crippen molar-refractivity contribution in [2.24, 2.45) is 0 Å². The predicted octanol–water partition coefficient (Wildman–Crippen LogP) is 0.644. The highest BCUT2D eigenvalue weighted by atomic mass is 32.2. The summed E-state index contributed by atoms with van der Waals surface area (Å²) in [5, 5.41) is -3.59. The zero-order chi connectivity index (χ0) is 7.00. The summed E-state index contributed by atoms with van der Waals surface area (Å²) < 4.78 is 43.1. The molecule has 0 N–H and O–H groups in total. The third-order valence-corrected chi connectivity index (χ3v) is 1.95. The Bertz CT molecular complexity index is 164. The van der Waals surface area contributed by atoms with Crippen LogP contribution >= 0.6 is 0 Å². The average molecular weight is 144 g/mol. The number of alkyl halides is 2. The number of sulfone groups is 1. The number of hydrogen-bond donors (Lipinski definition) is 0. The van der Waals surface area contributed by atoms with Gasteiger partial charge >= 0.3 is 5.25 Å². The van der Waals surface area contributed by atoms with Crippen molar-refractivity contribution in [1.29, 1.82) is 0 Å². The molecular weight excluding hydrogens is 138 g/mol. The van der Waals surface area contributed by atoms with Gasteiger partial charge in [0.2, 0.25) is 9.84 Å². The topological polar surface area (TPSA) is 34.1 Å². The summed E-state index contributed by atoms with van der Waals surface area (Å²) in [4.78, 5) is 0. The lowest BCUT2D eigenvalue weighted by molar-refractivity contribution is 0.115. The van der Waals surface area contributed by atoms with Gasteiger partial charge in [0.1, 0.15) is 0 Å². The largest absolute Gasteiger partial charge is 0.342 e. The Morgan fingerprint density at radius 3 is 1.50 bits per heavy atom. The summed E-state index contributed by atoms with van der Waals surface area (Å²) in [5.41, 5.74) is 0. The molecule has 2 nitrogen and oxygen atoms in total. The fraction of sp³-hybridized carbons (Fsp3) is 1.00. The second kappa shape index (κ2) is 1.65. The minimum Gasteiger partial charge on any atom is -0.223 e. The van der Waals surface area contributed by atoms with Crippen molar-refractivity contribution in [2.45, 2.75) is 12.2 Å². The SMILES string of the molecule is CC(F)(F)S(C)(=O)=O. The van der Waals surface area contributed by atoms with Crippen molar-refractivity contribution >= 4 is 9.84 Å². The van der Waals surface area contributed by atoms with Crippen molar-refractivity contribution in [3.05, 3.63) is 0 Å². The molecule has 0 fully saturated rings. The van der Waals surface area contributed by atoms with Crippen LogP contribution in [-0.2, 0) is 9.84 Å². The van der Waals surface area contributed by atoms with Crippen LogP contribution in [0.25, 0.3) is 0 Å². The molecule has 0 aliphatic carbocycles. The van der Waals surface area contributed by atoms with Crippen LogP contribution in [0.1, 0.15) is 6.92 Å². The van der Waals surface area contributed by atoms with E-state index in [1.54, 1.807) is 0 Å². The lowest BCUT2D eigenvalue weighted by Crippen LogP contribution is -2.22. The fourth-order valence-electron chi connectivity index (χ4n) is 0. The molecule has 0 spiro atoms. The standard InChI is InChI=1S/C3H6F2O2S/c1-3(4,5)8(2,6)7/h1-2H3. The highest BCUT2D eigenvalue weighted by Gasteiger charge is 2.34. The summed E-state index contributed by atoms with van der Waals surface area (Å²) in [7, 11) is -4.17. The van der Waals surface area contributed by atoms with E-state index in [0.29, 0.717) is 13.2 Å². The van der Waals surface area contributed by atoms with Crippen molar-refractivity contribution in [3.8, 4) is 0 Å². The second-order valence-corrected chi connectivity index (χ2v) is 3.84. The summed E-state index contributed by atoms with van der Waals surface area (Å²) in [6, 6.07) is 0. The molecule has 50 valence electrons. The molecule has 0 aromatic carbocycles. The van der Waals surface area contributed by atoms with Crippen LogP contribution in [0.5, 0.6) is 0 Å².